The lowest BCUT2D eigenvalue weighted by atomic mass is 10.0. The van der Waals surface area contributed by atoms with Crippen LogP contribution in [0.2, 0.25) is 0 Å². The number of aryl methyl sites for hydroxylation is 1. The summed E-state index contributed by atoms with van der Waals surface area (Å²) in [4.78, 5) is 93.9. The van der Waals surface area contributed by atoms with E-state index in [1.165, 1.54) is 17.9 Å². The first-order valence-corrected chi connectivity index (χ1v) is 18.5. The van der Waals surface area contributed by atoms with Crippen molar-refractivity contribution in [2.75, 3.05) is 37.4 Å². The van der Waals surface area contributed by atoms with Crippen LogP contribution in [0.25, 0.3) is 21.9 Å². The van der Waals surface area contributed by atoms with Crippen molar-refractivity contribution >= 4 is 57.8 Å². The molecule has 1 unspecified atom stereocenters. The minimum atomic E-state index is -1.33. The Hall–Kier alpha value is -6.58. The number of fused-ring (bicyclic) bond motifs is 2. The number of nitrogens with zero attached hydrogens (tertiary/aromatic N) is 4. The number of rotatable bonds is 16. The van der Waals surface area contributed by atoms with E-state index >= 15 is 0 Å². The van der Waals surface area contributed by atoms with Gasteiger partial charge in [-0.3, -0.25) is 44.0 Å². The number of carboxylic acid groups (broad SMARTS) is 1. The molecule has 16 nitrogen and oxygen atoms in total. The molecule has 4 N–H and O–H groups in total. The molecule has 292 valence electrons. The van der Waals surface area contributed by atoms with Gasteiger partial charge in [-0.2, -0.15) is 0 Å². The Morgan fingerprint density at radius 3 is 2.46 bits per heavy atom. The number of anilines is 2. The molecule has 2 aliphatic rings. The lowest BCUT2D eigenvalue weighted by Gasteiger charge is -2.27. The molecule has 56 heavy (non-hydrogen) atoms. The van der Waals surface area contributed by atoms with Crippen LogP contribution in [0.1, 0.15) is 72.1 Å². The van der Waals surface area contributed by atoms with Gasteiger partial charge in [0.05, 0.1) is 30.2 Å². The summed E-state index contributed by atoms with van der Waals surface area (Å²) in [5.74, 6) is -2.30. The topological polar surface area (TPSA) is 209 Å². The largest absolute Gasteiger partial charge is 0.497 e. The Morgan fingerprint density at radius 1 is 0.946 bits per heavy atom. The van der Waals surface area contributed by atoms with Crippen molar-refractivity contribution in [1.82, 2.24) is 24.7 Å². The average Bonchev–Trinajstić information content (AvgIpc) is 3.44. The number of imide groups is 3. The van der Waals surface area contributed by atoms with Crippen LogP contribution in [0.5, 0.6) is 5.75 Å². The maximum Gasteiger partial charge on any atom is 0.414 e. The summed E-state index contributed by atoms with van der Waals surface area (Å²) in [5.41, 5.74) is 2.78. The number of aromatic nitrogens is 2. The number of ether oxygens (including phenoxy) is 1. The molecule has 1 fully saturated rings. The van der Waals surface area contributed by atoms with Crippen molar-refractivity contribution in [3.05, 3.63) is 82.5 Å². The molecule has 0 saturated carbocycles. The summed E-state index contributed by atoms with van der Waals surface area (Å²) < 4.78 is 6.97. The number of hydrogen-bond donors (Lipinski definition) is 4. The van der Waals surface area contributed by atoms with Crippen molar-refractivity contribution < 1.29 is 38.6 Å². The molecule has 0 spiro atoms. The second-order valence-corrected chi connectivity index (χ2v) is 13.7. The van der Waals surface area contributed by atoms with Crippen LogP contribution in [0, 0.1) is 0 Å². The number of pyridine rings is 2. The fraction of sp³-hybridized carbons (Fsp3) is 0.350. The lowest BCUT2D eigenvalue weighted by molar-refractivity contribution is -0.136. The highest BCUT2D eigenvalue weighted by molar-refractivity contribution is 6.25. The van der Waals surface area contributed by atoms with Gasteiger partial charge in [0.1, 0.15) is 11.8 Å². The van der Waals surface area contributed by atoms with Crippen molar-refractivity contribution in [1.29, 1.82) is 0 Å². The number of carbonyl (C=O) groups excluding carboxylic acids is 5. The van der Waals surface area contributed by atoms with Gasteiger partial charge in [0.25, 0.3) is 23.3 Å². The number of amides is 6. The predicted molar refractivity (Wildman–Crippen MR) is 207 cm³/mol. The summed E-state index contributed by atoms with van der Waals surface area (Å²) in [5, 5.41) is 19.4. The molecule has 2 aromatic heterocycles. The molecule has 6 amide bonds. The van der Waals surface area contributed by atoms with Crippen LogP contribution in [-0.2, 0) is 21.4 Å². The van der Waals surface area contributed by atoms with E-state index in [1.54, 1.807) is 55.8 Å². The molecule has 0 bridgehead atoms. The van der Waals surface area contributed by atoms with Gasteiger partial charge in [0, 0.05) is 68.2 Å². The van der Waals surface area contributed by atoms with Gasteiger partial charge < -0.3 is 25.0 Å². The van der Waals surface area contributed by atoms with Crippen LogP contribution in [0.3, 0.4) is 0 Å². The molecule has 16 heteroatoms. The molecule has 2 aromatic carbocycles. The average molecular weight is 766 g/mol. The standard InChI is InChI=1S/C40H43N7O9/c1-45-23-30(27-14-16-41-21-29(27)37(45)51)24-18-25(20-26(19-24)56-2)43-22-34(49)46(40(54)55)17-8-6-4-3-5-7-15-42-31-11-9-10-28-35(31)39(53)47(38(28)52)32-12-13-33(48)44-36(32)50/h9-11,14,16,18-21,23,32,42-43H,3-8,12-13,15,17,22H2,1-2H3,(H,54,55)(H,44,48,50). The van der Waals surface area contributed by atoms with Crippen LogP contribution < -0.4 is 26.2 Å². The molecule has 0 aliphatic carbocycles. The first-order chi connectivity index (χ1) is 27.0. The normalized spacial score (nSPS) is 15.1. The number of carbonyl (C=O) groups is 6. The quantitative estimate of drug-likeness (QED) is 0.0926. The van der Waals surface area contributed by atoms with Crippen LogP contribution >= 0.6 is 0 Å². The first kappa shape index (κ1) is 39.1. The minimum absolute atomic E-state index is 0.0493. The number of hydrogen-bond acceptors (Lipinski definition) is 11. The summed E-state index contributed by atoms with van der Waals surface area (Å²) in [6.45, 7) is 0.336. The highest BCUT2D eigenvalue weighted by Gasteiger charge is 2.45. The summed E-state index contributed by atoms with van der Waals surface area (Å²) in [7, 11) is 3.18. The van der Waals surface area contributed by atoms with Gasteiger partial charge in [0.15, 0.2) is 0 Å². The third-order valence-corrected chi connectivity index (χ3v) is 10.0. The van der Waals surface area contributed by atoms with Crippen molar-refractivity contribution in [2.45, 2.75) is 57.4 Å². The molecule has 4 heterocycles. The number of unbranched alkanes of at least 4 members (excludes halogenated alkanes) is 5. The van der Waals surface area contributed by atoms with E-state index in [2.05, 4.69) is 20.9 Å². The predicted octanol–water partition coefficient (Wildman–Crippen LogP) is 4.38. The summed E-state index contributed by atoms with van der Waals surface area (Å²) >= 11 is 0. The molecule has 4 aromatic rings. The SMILES string of the molecule is COc1cc(NCC(=O)N(CCCCCCCCNc2cccc3c2C(=O)N(C2CCC(=O)NC2=O)C3=O)C(=O)O)cc(-c2cn(C)c(=O)c3cnccc23)c1. The number of benzene rings is 2. The van der Waals surface area contributed by atoms with Crippen LogP contribution in [-0.4, -0.2) is 92.9 Å². The lowest BCUT2D eigenvalue weighted by Crippen LogP contribution is -2.54. The van der Waals surface area contributed by atoms with Gasteiger partial charge in [-0.1, -0.05) is 31.7 Å². The number of nitrogens with one attached hydrogen (secondary N) is 3. The smallest absolute Gasteiger partial charge is 0.414 e. The Balaban J connectivity index is 0.943. The van der Waals surface area contributed by atoms with Gasteiger partial charge in [-0.15, -0.1) is 0 Å². The van der Waals surface area contributed by atoms with Gasteiger partial charge in [-0.25, -0.2) is 9.69 Å². The van der Waals surface area contributed by atoms with Crippen molar-refractivity contribution in [3.8, 4) is 16.9 Å². The highest BCUT2D eigenvalue weighted by atomic mass is 16.5. The van der Waals surface area contributed by atoms with Crippen molar-refractivity contribution in [3.63, 3.8) is 0 Å². The summed E-state index contributed by atoms with van der Waals surface area (Å²) in [6, 6.07) is 11.0. The van der Waals surface area contributed by atoms with E-state index in [0.29, 0.717) is 40.9 Å². The Bertz CT molecular complexity index is 2270. The van der Waals surface area contributed by atoms with E-state index in [9.17, 15) is 38.7 Å². The molecule has 2 aliphatic heterocycles. The minimum Gasteiger partial charge on any atom is -0.497 e. The fourth-order valence-corrected chi connectivity index (χ4v) is 7.10. The van der Waals surface area contributed by atoms with Gasteiger partial charge >= 0.3 is 6.09 Å². The summed E-state index contributed by atoms with van der Waals surface area (Å²) in [6.07, 6.45) is 8.23. The van der Waals surface area contributed by atoms with E-state index in [0.717, 1.165) is 53.0 Å². The molecule has 6 rings (SSSR count). The van der Waals surface area contributed by atoms with Gasteiger partial charge in [-0.05, 0) is 60.5 Å². The second-order valence-electron chi connectivity index (χ2n) is 13.7. The highest BCUT2D eigenvalue weighted by Crippen LogP contribution is 2.34. The van der Waals surface area contributed by atoms with E-state index in [1.807, 2.05) is 6.07 Å². The van der Waals surface area contributed by atoms with Crippen molar-refractivity contribution in [2.24, 2.45) is 7.05 Å². The Kier molecular flexibility index (Phi) is 12.1. The monoisotopic (exact) mass is 765 g/mol. The molecular weight excluding hydrogens is 722 g/mol. The van der Waals surface area contributed by atoms with E-state index in [-0.39, 0.29) is 42.6 Å². The molecule has 0 radical (unpaired) electrons. The van der Waals surface area contributed by atoms with Crippen LogP contribution in [0.4, 0.5) is 16.2 Å². The third-order valence-electron chi connectivity index (χ3n) is 10.0. The molecule has 1 atom stereocenters. The second kappa shape index (κ2) is 17.3. The zero-order valence-corrected chi connectivity index (χ0v) is 31.1. The zero-order chi connectivity index (χ0) is 39.9. The van der Waals surface area contributed by atoms with Crippen LogP contribution in [0.15, 0.2) is 65.8 Å². The number of piperidine rings is 1. The van der Waals surface area contributed by atoms with Gasteiger partial charge in [0.2, 0.25) is 11.8 Å². The maximum atomic E-state index is 13.3. The number of methoxy groups -OCH3 is 1. The molecular formula is C40H43N7O9. The first-order valence-electron chi connectivity index (χ1n) is 18.5. The maximum absolute atomic E-state index is 13.3. The Morgan fingerprint density at radius 2 is 1.71 bits per heavy atom. The third kappa shape index (κ3) is 8.38. The Labute approximate surface area is 321 Å². The zero-order valence-electron chi connectivity index (χ0n) is 31.1. The fourth-order valence-electron chi connectivity index (χ4n) is 7.10. The molecule has 1 saturated heterocycles. The van der Waals surface area contributed by atoms with E-state index in [4.69, 9.17) is 4.74 Å². The van der Waals surface area contributed by atoms with E-state index < -0.39 is 41.7 Å².